The third kappa shape index (κ3) is 4.18. The van der Waals surface area contributed by atoms with Crippen LogP contribution in [0.3, 0.4) is 0 Å². The van der Waals surface area contributed by atoms with E-state index in [2.05, 4.69) is 21.5 Å². The summed E-state index contributed by atoms with van der Waals surface area (Å²) in [7, 11) is 1.88. The van der Waals surface area contributed by atoms with Crippen LogP contribution in [0.15, 0.2) is 59.8 Å². The van der Waals surface area contributed by atoms with Crippen molar-refractivity contribution in [2.75, 3.05) is 5.32 Å². The van der Waals surface area contributed by atoms with E-state index < -0.39 is 0 Å². The lowest BCUT2D eigenvalue weighted by atomic mass is 10.1. The molecule has 1 N–H and O–H groups in total. The molecule has 0 radical (unpaired) electrons. The second-order valence-electron chi connectivity index (χ2n) is 7.91. The van der Waals surface area contributed by atoms with Crippen molar-refractivity contribution in [3.05, 3.63) is 77.4 Å². The van der Waals surface area contributed by atoms with Crippen molar-refractivity contribution < 1.29 is 4.79 Å². The molecule has 5 rings (SSSR count). The number of carbonyl (C=O) groups excluding carboxylic acids is 1. The molecular weight excluding hydrogens is 406 g/mol. The SMILES string of the molecule is Cc1nn(C)c2nc(C3CC3)cc(C(=O)Nc3ccc(SCc4cccnc4)cc3)c12. The molecule has 0 atom stereocenters. The van der Waals surface area contributed by atoms with E-state index in [0.29, 0.717) is 11.5 Å². The molecular formula is C24H23N5OS. The summed E-state index contributed by atoms with van der Waals surface area (Å²) >= 11 is 1.74. The Morgan fingerprint density at radius 3 is 2.74 bits per heavy atom. The zero-order valence-electron chi connectivity index (χ0n) is 17.5. The summed E-state index contributed by atoms with van der Waals surface area (Å²) in [5, 5.41) is 8.36. The maximum Gasteiger partial charge on any atom is 0.256 e. The molecule has 156 valence electrons. The van der Waals surface area contributed by atoms with E-state index >= 15 is 0 Å². The van der Waals surface area contributed by atoms with Crippen molar-refractivity contribution in [3.8, 4) is 0 Å². The Labute approximate surface area is 185 Å². The molecule has 7 heteroatoms. The Hall–Kier alpha value is -3.19. The Morgan fingerprint density at radius 1 is 1.23 bits per heavy atom. The van der Waals surface area contributed by atoms with Gasteiger partial charge in [0.2, 0.25) is 0 Å². The normalized spacial score (nSPS) is 13.5. The Kier molecular flexibility index (Phi) is 5.19. The molecule has 0 aliphatic heterocycles. The summed E-state index contributed by atoms with van der Waals surface area (Å²) in [6, 6.07) is 13.9. The number of aromatic nitrogens is 4. The van der Waals surface area contributed by atoms with E-state index in [0.717, 1.165) is 51.6 Å². The minimum atomic E-state index is -0.124. The largest absolute Gasteiger partial charge is 0.322 e. The fourth-order valence-electron chi connectivity index (χ4n) is 3.71. The van der Waals surface area contributed by atoms with Gasteiger partial charge in [-0.2, -0.15) is 5.10 Å². The van der Waals surface area contributed by atoms with Crippen LogP contribution in [0.4, 0.5) is 5.69 Å². The molecule has 1 fully saturated rings. The highest BCUT2D eigenvalue weighted by Gasteiger charge is 2.28. The van der Waals surface area contributed by atoms with Crippen molar-refractivity contribution in [1.29, 1.82) is 0 Å². The predicted octanol–water partition coefficient (Wildman–Crippen LogP) is 5.09. The average Bonchev–Trinajstić information content (AvgIpc) is 3.59. The van der Waals surface area contributed by atoms with Gasteiger partial charge in [0.15, 0.2) is 5.65 Å². The number of aryl methyl sites for hydroxylation is 2. The molecule has 31 heavy (non-hydrogen) atoms. The van der Waals surface area contributed by atoms with Gasteiger partial charge < -0.3 is 5.32 Å². The summed E-state index contributed by atoms with van der Waals surface area (Å²) in [4.78, 5) is 23.3. The molecule has 0 unspecified atom stereocenters. The van der Waals surface area contributed by atoms with E-state index in [1.807, 2.05) is 56.6 Å². The van der Waals surface area contributed by atoms with Crippen LogP contribution >= 0.6 is 11.8 Å². The summed E-state index contributed by atoms with van der Waals surface area (Å²) in [5.74, 6) is 1.20. The minimum absolute atomic E-state index is 0.124. The second-order valence-corrected chi connectivity index (χ2v) is 8.95. The summed E-state index contributed by atoms with van der Waals surface area (Å²) in [6.45, 7) is 1.92. The first-order chi connectivity index (χ1) is 15.1. The molecule has 4 aromatic rings. The molecule has 0 spiro atoms. The first-order valence-electron chi connectivity index (χ1n) is 10.4. The highest BCUT2D eigenvalue weighted by Crippen LogP contribution is 2.40. The van der Waals surface area contributed by atoms with E-state index in [1.54, 1.807) is 22.6 Å². The monoisotopic (exact) mass is 429 g/mol. The molecule has 1 amide bonds. The fourth-order valence-corrected chi connectivity index (χ4v) is 4.55. The molecule has 3 heterocycles. The first kappa shape index (κ1) is 19.8. The second kappa shape index (κ2) is 8.15. The summed E-state index contributed by atoms with van der Waals surface area (Å²) in [6.07, 6.45) is 5.93. The van der Waals surface area contributed by atoms with Gasteiger partial charge in [-0.25, -0.2) is 4.98 Å². The number of anilines is 1. The highest BCUT2D eigenvalue weighted by molar-refractivity contribution is 7.98. The summed E-state index contributed by atoms with van der Waals surface area (Å²) < 4.78 is 1.77. The topological polar surface area (TPSA) is 72.7 Å². The van der Waals surface area contributed by atoms with Gasteiger partial charge in [0, 0.05) is 47.4 Å². The number of fused-ring (bicyclic) bond motifs is 1. The number of hydrogen-bond donors (Lipinski definition) is 1. The van der Waals surface area contributed by atoms with Gasteiger partial charge in [-0.05, 0) is 61.7 Å². The molecule has 3 aromatic heterocycles. The minimum Gasteiger partial charge on any atom is -0.322 e. The number of benzene rings is 1. The number of pyridine rings is 2. The van der Waals surface area contributed by atoms with Crippen LogP contribution in [0, 0.1) is 6.92 Å². The van der Waals surface area contributed by atoms with Crippen LogP contribution in [0.1, 0.15) is 46.1 Å². The maximum atomic E-state index is 13.2. The van der Waals surface area contributed by atoms with Gasteiger partial charge in [-0.1, -0.05) is 6.07 Å². The van der Waals surface area contributed by atoms with Gasteiger partial charge in [0.1, 0.15) is 0 Å². The fraction of sp³-hybridized carbons (Fsp3) is 0.250. The quantitative estimate of drug-likeness (QED) is 0.432. The molecule has 6 nitrogen and oxygen atoms in total. The van der Waals surface area contributed by atoms with Crippen LogP contribution < -0.4 is 5.32 Å². The number of nitrogens with one attached hydrogen (secondary N) is 1. The lowest BCUT2D eigenvalue weighted by Crippen LogP contribution is -2.13. The van der Waals surface area contributed by atoms with Crippen LogP contribution in [0.2, 0.25) is 0 Å². The zero-order valence-corrected chi connectivity index (χ0v) is 18.3. The Balaban J connectivity index is 1.35. The van der Waals surface area contributed by atoms with Gasteiger partial charge >= 0.3 is 0 Å². The number of carbonyl (C=O) groups is 1. The molecule has 0 bridgehead atoms. The van der Waals surface area contributed by atoms with E-state index in [4.69, 9.17) is 4.98 Å². The third-order valence-electron chi connectivity index (χ3n) is 5.47. The number of thioether (sulfide) groups is 1. The van der Waals surface area contributed by atoms with Crippen LogP contribution in [0.5, 0.6) is 0 Å². The molecule has 1 aliphatic rings. The van der Waals surface area contributed by atoms with Gasteiger partial charge in [-0.15, -0.1) is 11.8 Å². The lowest BCUT2D eigenvalue weighted by molar-refractivity contribution is 0.102. The number of hydrogen-bond acceptors (Lipinski definition) is 5. The van der Waals surface area contributed by atoms with Crippen molar-refractivity contribution in [1.82, 2.24) is 19.7 Å². The summed E-state index contributed by atoms with van der Waals surface area (Å²) in [5.41, 5.74) is 5.18. The van der Waals surface area contributed by atoms with E-state index in [9.17, 15) is 4.79 Å². The molecule has 1 aliphatic carbocycles. The molecule has 1 aromatic carbocycles. The number of rotatable bonds is 6. The van der Waals surface area contributed by atoms with E-state index in [-0.39, 0.29) is 5.91 Å². The van der Waals surface area contributed by atoms with Gasteiger partial charge in [-0.3, -0.25) is 14.5 Å². The van der Waals surface area contributed by atoms with E-state index in [1.165, 1.54) is 5.56 Å². The lowest BCUT2D eigenvalue weighted by Gasteiger charge is -2.10. The smallest absolute Gasteiger partial charge is 0.256 e. The molecule has 1 saturated carbocycles. The van der Waals surface area contributed by atoms with Crippen molar-refractivity contribution in [2.45, 2.75) is 36.3 Å². The van der Waals surface area contributed by atoms with Crippen molar-refractivity contribution in [3.63, 3.8) is 0 Å². The third-order valence-corrected chi connectivity index (χ3v) is 6.55. The van der Waals surface area contributed by atoms with Gasteiger partial charge in [0.25, 0.3) is 5.91 Å². The Bertz CT molecular complexity index is 1250. The van der Waals surface area contributed by atoms with Crippen LogP contribution in [0.25, 0.3) is 11.0 Å². The predicted molar refractivity (Wildman–Crippen MR) is 123 cm³/mol. The standard InChI is InChI=1S/C24H23N5OS/c1-15-22-20(12-21(17-5-6-17)27-23(22)29(2)28-15)24(30)26-18-7-9-19(10-8-18)31-14-16-4-3-11-25-13-16/h3-4,7-13,17H,5-6,14H2,1-2H3,(H,26,30). The van der Waals surface area contributed by atoms with Crippen LogP contribution in [-0.4, -0.2) is 25.7 Å². The molecule has 0 saturated heterocycles. The number of nitrogens with zero attached hydrogens (tertiary/aromatic N) is 4. The number of amides is 1. The Morgan fingerprint density at radius 2 is 2.03 bits per heavy atom. The van der Waals surface area contributed by atoms with Crippen LogP contribution in [-0.2, 0) is 12.8 Å². The van der Waals surface area contributed by atoms with Crippen molar-refractivity contribution in [2.24, 2.45) is 7.05 Å². The van der Waals surface area contributed by atoms with Gasteiger partial charge in [0.05, 0.1) is 16.6 Å². The first-order valence-corrected chi connectivity index (χ1v) is 11.3. The average molecular weight is 430 g/mol. The highest BCUT2D eigenvalue weighted by atomic mass is 32.2. The van der Waals surface area contributed by atoms with Crippen molar-refractivity contribution >= 4 is 34.4 Å². The maximum absolute atomic E-state index is 13.2. The zero-order chi connectivity index (χ0) is 21.4.